The lowest BCUT2D eigenvalue weighted by Crippen LogP contribution is -2.59. The standard InChI is InChI=1S/C17H18N6O/c18-16(24)17(22-8-4-5-9-22,14-6-2-1-3-7-14)23-15-13(11-21-23)10-19-12-20-15/h1-3,6-7,10-12H,4-5,8-9H2,(H2,18,24). The molecule has 3 aromatic rings. The number of hydrogen-bond donors (Lipinski definition) is 1. The van der Waals surface area contributed by atoms with Gasteiger partial charge in [-0.1, -0.05) is 30.3 Å². The fourth-order valence-electron chi connectivity index (χ4n) is 3.57. The molecule has 7 nitrogen and oxygen atoms in total. The molecule has 3 heterocycles. The van der Waals surface area contributed by atoms with Gasteiger partial charge in [-0.25, -0.2) is 14.6 Å². The van der Waals surface area contributed by atoms with Gasteiger partial charge < -0.3 is 5.73 Å². The van der Waals surface area contributed by atoms with Gasteiger partial charge in [-0.15, -0.1) is 0 Å². The molecule has 1 aromatic carbocycles. The van der Waals surface area contributed by atoms with Crippen LogP contribution in [0.15, 0.2) is 49.1 Å². The number of likely N-dealkylation sites (tertiary alicyclic amines) is 1. The van der Waals surface area contributed by atoms with Crippen LogP contribution in [0.25, 0.3) is 11.0 Å². The summed E-state index contributed by atoms with van der Waals surface area (Å²) in [5, 5.41) is 5.26. The Morgan fingerprint density at radius 3 is 2.58 bits per heavy atom. The average molecular weight is 322 g/mol. The van der Waals surface area contributed by atoms with Crippen molar-refractivity contribution >= 4 is 16.9 Å². The highest BCUT2D eigenvalue weighted by molar-refractivity contribution is 5.88. The maximum atomic E-state index is 12.8. The summed E-state index contributed by atoms with van der Waals surface area (Å²) in [6, 6.07) is 9.56. The minimum atomic E-state index is -1.19. The first-order chi connectivity index (χ1) is 11.7. The van der Waals surface area contributed by atoms with E-state index >= 15 is 0 Å². The van der Waals surface area contributed by atoms with E-state index in [2.05, 4.69) is 20.0 Å². The monoisotopic (exact) mass is 322 g/mol. The third-order valence-corrected chi connectivity index (χ3v) is 4.62. The molecular formula is C17H18N6O. The van der Waals surface area contributed by atoms with Gasteiger partial charge in [-0.3, -0.25) is 9.69 Å². The smallest absolute Gasteiger partial charge is 0.265 e. The van der Waals surface area contributed by atoms with Crippen LogP contribution in [-0.4, -0.2) is 43.6 Å². The molecule has 1 atom stereocenters. The van der Waals surface area contributed by atoms with E-state index in [9.17, 15) is 4.79 Å². The molecule has 2 N–H and O–H groups in total. The van der Waals surface area contributed by atoms with Crippen LogP contribution in [0.4, 0.5) is 0 Å². The zero-order valence-corrected chi connectivity index (χ0v) is 13.2. The van der Waals surface area contributed by atoms with Crippen LogP contribution in [0, 0.1) is 0 Å². The highest BCUT2D eigenvalue weighted by Crippen LogP contribution is 2.35. The van der Waals surface area contributed by atoms with Crippen molar-refractivity contribution in [2.75, 3.05) is 13.1 Å². The summed E-state index contributed by atoms with van der Waals surface area (Å²) in [7, 11) is 0. The summed E-state index contributed by atoms with van der Waals surface area (Å²) in [4.78, 5) is 23.3. The molecule has 7 heteroatoms. The fourth-order valence-corrected chi connectivity index (χ4v) is 3.57. The Hall–Kier alpha value is -2.80. The van der Waals surface area contributed by atoms with E-state index in [0.717, 1.165) is 36.9 Å². The number of amides is 1. The van der Waals surface area contributed by atoms with Crippen molar-refractivity contribution in [3.8, 4) is 0 Å². The number of benzene rings is 1. The number of carbonyl (C=O) groups is 1. The van der Waals surface area contributed by atoms with Crippen LogP contribution in [0.3, 0.4) is 0 Å². The number of aromatic nitrogens is 4. The summed E-state index contributed by atoms with van der Waals surface area (Å²) < 4.78 is 1.65. The van der Waals surface area contributed by atoms with Crippen LogP contribution in [0.5, 0.6) is 0 Å². The number of rotatable bonds is 4. The molecule has 1 aliphatic rings. The molecule has 1 unspecified atom stereocenters. The van der Waals surface area contributed by atoms with Gasteiger partial charge in [0.2, 0.25) is 5.66 Å². The molecule has 24 heavy (non-hydrogen) atoms. The summed E-state index contributed by atoms with van der Waals surface area (Å²) in [5.74, 6) is -0.459. The summed E-state index contributed by atoms with van der Waals surface area (Å²) in [5.41, 5.74) is 6.19. The topological polar surface area (TPSA) is 89.9 Å². The van der Waals surface area contributed by atoms with Gasteiger partial charge in [0.1, 0.15) is 6.33 Å². The molecule has 4 rings (SSSR count). The molecule has 0 aliphatic carbocycles. The molecule has 2 aromatic heterocycles. The van der Waals surface area contributed by atoms with Crippen LogP contribution in [-0.2, 0) is 10.5 Å². The SMILES string of the molecule is NC(=O)C(c1ccccc1)(N1CCCC1)n1ncc2cncnc21. The number of hydrogen-bond acceptors (Lipinski definition) is 5. The zero-order chi connectivity index (χ0) is 16.6. The second-order valence-electron chi connectivity index (χ2n) is 5.95. The van der Waals surface area contributed by atoms with Gasteiger partial charge in [0.25, 0.3) is 5.91 Å². The van der Waals surface area contributed by atoms with E-state index in [4.69, 9.17) is 5.73 Å². The Bertz CT molecular complexity index is 871. The van der Waals surface area contributed by atoms with Gasteiger partial charge in [-0.2, -0.15) is 5.10 Å². The summed E-state index contributed by atoms with van der Waals surface area (Å²) in [6.07, 6.45) is 6.87. The molecule has 0 radical (unpaired) electrons. The maximum absolute atomic E-state index is 12.8. The number of primary amides is 1. The lowest BCUT2D eigenvalue weighted by Gasteiger charge is -2.39. The first-order valence-corrected chi connectivity index (χ1v) is 7.99. The molecule has 0 spiro atoms. The number of nitrogens with two attached hydrogens (primary N) is 1. The van der Waals surface area contributed by atoms with Crippen LogP contribution in [0.2, 0.25) is 0 Å². The van der Waals surface area contributed by atoms with Crippen molar-refractivity contribution in [2.24, 2.45) is 5.73 Å². The Morgan fingerprint density at radius 1 is 1.12 bits per heavy atom. The Morgan fingerprint density at radius 2 is 1.88 bits per heavy atom. The molecule has 1 fully saturated rings. The molecule has 1 aliphatic heterocycles. The van der Waals surface area contributed by atoms with Crippen LogP contribution < -0.4 is 5.73 Å². The highest BCUT2D eigenvalue weighted by atomic mass is 16.2. The third-order valence-electron chi connectivity index (χ3n) is 4.62. The van der Waals surface area contributed by atoms with Crippen molar-refractivity contribution in [3.63, 3.8) is 0 Å². The van der Waals surface area contributed by atoms with Crippen molar-refractivity contribution in [3.05, 3.63) is 54.6 Å². The molecule has 1 saturated heterocycles. The van der Waals surface area contributed by atoms with E-state index in [1.54, 1.807) is 17.1 Å². The second-order valence-corrected chi connectivity index (χ2v) is 5.95. The van der Waals surface area contributed by atoms with E-state index in [-0.39, 0.29) is 0 Å². The van der Waals surface area contributed by atoms with E-state index in [0.29, 0.717) is 5.65 Å². The maximum Gasteiger partial charge on any atom is 0.265 e. The minimum Gasteiger partial charge on any atom is -0.366 e. The molecule has 0 saturated carbocycles. The normalized spacial score (nSPS) is 17.8. The average Bonchev–Trinajstić information content (AvgIpc) is 3.27. The largest absolute Gasteiger partial charge is 0.366 e. The van der Waals surface area contributed by atoms with Crippen LogP contribution in [0.1, 0.15) is 18.4 Å². The fraction of sp³-hybridized carbons (Fsp3) is 0.294. The van der Waals surface area contributed by atoms with Gasteiger partial charge >= 0.3 is 0 Å². The van der Waals surface area contributed by atoms with Gasteiger partial charge in [0.15, 0.2) is 5.65 Å². The van der Waals surface area contributed by atoms with Gasteiger partial charge in [-0.05, 0) is 12.8 Å². The molecule has 122 valence electrons. The number of nitrogens with zero attached hydrogens (tertiary/aromatic N) is 5. The Balaban J connectivity index is 2.04. The van der Waals surface area contributed by atoms with Crippen molar-refractivity contribution in [1.82, 2.24) is 24.6 Å². The van der Waals surface area contributed by atoms with E-state index in [1.807, 2.05) is 30.3 Å². The summed E-state index contributed by atoms with van der Waals surface area (Å²) in [6.45, 7) is 1.56. The first-order valence-electron chi connectivity index (χ1n) is 7.99. The van der Waals surface area contributed by atoms with Gasteiger partial charge in [0.05, 0.1) is 11.6 Å². The zero-order valence-electron chi connectivity index (χ0n) is 13.2. The van der Waals surface area contributed by atoms with Crippen LogP contribution >= 0.6 is 0 Å². The predicted octanol–water partition coefficient (Wildman–Crippen LogP) is 1.11. The lowest BCUT2D eigenvalue weighted by atomic mass is 9.96. The molecular weight excluding hydrogens is 304 g/mol. The number of carbonyl (C=O) groups excluding carboxylic acids is 1. The minimum absolute atomic E-state index is 0.459. The molecule has 0 bridgehead atoms. The Kier molecular flexibility index (Phi) is 3.50. The summed E-state index contributed by atoms with van der Waals surface area (Å²) >= 11 is 0. The van der Waals surface area contributed by atoms with Crippen molar-refractivity contribution < 1.29 is 4.79 Å². The van der Waals surface area contributed by atoms with Crippen molar-refractivity contribution in [2.45, 2.75) is 18.5 Å². The van der Waals surface area contributed by atoms with E-state index < -0.39 is 11.6 Å². The number of fused-ring (bicyclic) bond motifs is 1. The first kappa shape index (κ1) is 14.8. The Labute approximate surface area is 139 Å². The van der Waals surface area contributed by atoms with E-state index in [1.165, 1.54) is 6.33 Å². The predicted molar refractivity (Wildman–Crippen MR) is 88.8 cm³/mol. The third kappa shape index (κ3) is 2.01. The highest BCUT2D eigenvalue weighted by Gasteiger charge is 2.49. The molecule has 1 amide bonds. The lowest BCUT2D eigenvalue weighted by molar-refractivity contribution is -0.133. The quantitative estimate of drug-likeness (QED) is 0.777. The van der Waals surface area contributed by atoms with Crippen molar-refractivity contribution in [1.29, 1.82) is 0 Å². The second kappa shape index (κ2) is 5.68. The van der Waals surface area contributed by atoms with Gasteiger partial charge in [0, 0.05) is 24.8 Å².